The third-order valence-corrected chi connectivity index (χ3v) is 3.52. The van der Waals surface area contributed by atoms with Gasteiger partial charge in [0.2, 0.25) is 0 Å². The van der Waals surface area contributed by atoms with Crippen molar-refractivity contribution in [2.45, 2.75) is 6.92 Å². The van der Waals surface area contributed by atoms with Gasteiger partial charge in [-0.2, -0.15) is 0 Å². The molecular weight excluding hydrogens is 250 g/mol. The van der Waals surface area contributed by atoms with E-state index in [9.17, 15) is 9.90 Å². The quantitative estimate of drug-likeness (QED) is 0.762. The molecule has 3 rings (SSSR count). The second-order valence-corrected chi connectivity index (χ2v) is 4.69. The minimum Gasteiger partial charge on any atom is -0.478 e. The predicted molar refractivity (Wildman–Crippen MR) is 78.9 cm³/mol. The third kappa shape index (κ3) is 1.93. The molecule has 20 heavy (non-hydrogen) atoms. The van der Waals surface area contributed by atoms with Crippen molar-refractivity contribution in [2.75, 3.05) is 0 Å². The second-order valence-electron chi connectivity index (χ2n) is 4.69. The molecule has 1 heterocycles. The summed E-state index contributed by atoms with van der Waals surface area (Å²) in [6.07, 6.45) is 3.60. The number of carboxylic acid groups (broad SMARTS) is 1. The maximum Gasteiger partial charge on any atom is 0.335 e. The first-order chi connectivity index (χ1) is 9.68. The van der Waals surface area contributed by atoms with Gasteiger partial charge < -0.3 is 5.11 Å². The second kappa shape index (κ2) is 4.78. The van der Waals surface area contributed by atoms with Crippen LogP contribution in [0.3, 0.4) is 0 Å². The molecule has 0 aliphatic carbocycles. The number of carboxylic acids is 1. The number of pyridine rings is 1. The summed E-state index contributed by atoms with van der Waals surface area (Å²) >= 11 is 0. The molecule has 0 unspecified atom stereocenters. The Labute approximate surface area is 116 Å². The number of nitrogens with zero attached hydrogens (tertiary/aromatic N) is 1. The average Bonchev–Trinajstić information content (AvgIpc) is 2.47. The Balaban J connectivity index is 2.32. The van der Waals surface area contributed by atoms with Gasteiger partial charge in [0.05, 0.1) is 5.56 Å². The highest BCUT2D eigenvalue weighted by Crippen LogP contribution is 2.31. The van der Waals surface area contributed by atoms with Crippen LogP contribution < -0.4 is 0 Å². The minimum absolute atomic E-state index is 0.329. The van der Waals surface area contributed by atoms with Crippen molar-refractivity contribution < 1.29 is 9.90 Å². The summed E-state index contributed by atoms with van der Waals surface area (Å²) in [6.45, 7) is 1.83. The monoisotopic (exact) mass is 263 g/mol. The van der Waals surface area contributed by atoms with Crippen molar-refractivity contribution in [1.82, 2.24) is 4.98 Å². The lowest BCUT2D eigenvalue weighted by Crippen LogP contribution is -2.01. The number of carbonyl (C=O) groups is 1. The van der Waals surface area contributed by atoms with Crippen LogP contribution in [-0.2, 0) is 0 Å². The Bertz CT molecular complexity index is 804. The summed E-state index contributed by atoms with van der Waals surface area (Å²) in [7, 11) is 0. The summed E-state index contributed by atoms with van der Waals surface area (Å²) in [4.78, 5) is 15.5. The molecular formula is C17H13NO2. The van der Waals surface area contributed by atoms with Crippen LogP contribution in [0.1, 0.15) is 15.9 Å². The molecule has 0 radical (unpaired) electrons. The van der Waals surface area contributed by atoms with Crippen molar-refractivity contribution in [3.8, 4) is 11.1 Å². The molecule has 1 N–H and O–H groups in total. The standard InChI is InChI=1S/C17H13NO2/c1-11-13(7-4-8-14(11)17(19)20)16-10-18-9-12-5-2-3-6-15(12)16/h2-10H,1H3,(H,19,20). The van der Waals surface area contributed by atoms with Crippen molar-refractivity contribution in [3.05, 3.63) is 66.0 Å². The van der Waals surface area contributed by atoms with Gasteiger partial charge in [-0.3, -0.25) is 4.98 Å². The first kappa shape index (κ1) is 12.4. The molecule has 0 atom stereocenters. The molecule has 0 fully saturated rings. The molecule has 0 amide bonds. The molecule has 0 saturated heterocycles. The fraction of sp³-hybridized carbons (Fsp3) is 0.0588. The largest absolute Gasteiger partial charge is 0.478 e. The maximum absolute atomic E-state index is 11.3. The van der Waals surface area contributed by atoms with Crippen LogP contribution >= 0.6 is 0 Å². The Hall–Kier alpha value is -2.68. The van der Waals surface area contributed by atoms with E-state index in [4.69, 9.17) is 0 Å². The van der Waals surface area contributed by atoms with Gasteiger partial charge in [-0.1, -0.05) is 36.4 Å². The molecule has 3 nitrogen and oxygen atoms in total. The highest BCUT2D eigenvalue weighted by molar-refractivity contribution is 5.99. The molecule has 1 aromatic heterocycles. The van der Waals surface area contributed by atoms with Crippen LogP contribution in [0.4, 0.5) is 0 Å². The van der Waals surface area contributed by atoms with Gasteiger partial charge in [0.15, 0.2) is 0 Å². The fourth-order valence-electron chi connectivity index (χ4n) is 2.49. The van der Waals surface area contributed by atoms with Crippen LogP contribution in [-0.4, -0.2) is 16.1 Å². The summed E-state index contributed by atoms with van der Waals surface area (Å²) in [5, 5.41) is 11.4. The molecule has 0 aliphatic heterocycles. The van der Waals surface area contributed by atoms with E-state index in [-0.39, 0.29) is 0 Å². The van der Waals surface area contributed by atoms with E-state index in [1.165, 1.54) is 0 Å². The van der Waals surface area contributed by atoms with Crippen LogP contribution in [0, 0.1) is 6.92 Å². The fourth-order valence-corrected chi connectivity index (χ4v) is 2.49. The van der Waals surface area contributed by atoms with Gasteiger partial charge in [-0.15, -0.1) is 0 Å². The van der Waals surface area contributed by atoms with Crippen molar-refractivity contribution in [1.29, 1.82) is 0 Å². The zero-order valence-electron chi connectivity index (χ0n) is 11.0. The minimum atomic E-state index is -0.905. The van der Waals surface area contributed by atoms with E-state index in [0.717, 1.165) is 27.5 Å². The first-order valence-electron chi connectivity index (χ1n) is 6.34. The summed E-state index contributed by atoms with van der Waals surface area (Å²) in [6, 6.07) is 13.3. The van der Waals surface area contributed by atoms with Crippen LogP contribution in [0.15, 0.2) is 54.9 Å². The van der Waals surface area contributed by atoms with E-state index in [2.05, 4.69) is 4.98 Å². The number of aromatic nitrogens is 1. The summed E-state index contributed by atoms with van der Waals surface area (Å²) < 4.78 is 0. The lowest BCUT2D eigenvalue weighted by Gasteiger charge is -2.11. The van der Waals surface area contributed by atoms with Gasteiger partial charge in [0.25, 0.3) is 0 Å². The van der Waals surface area contributed by atoms with E-state index >= 15 is 0 Å². The number of hydrogen-bond acceptors (Lipinski definition) is 2. The van der Waals surface area contributed by atoms with Crippen LogP contribution in [0.5, 0.6) is 0 Å². The Kier molecular flexibility index (Phi) is 2.95. The molecule has 3 aromatic rings. The molecule has 0 saturated carbocycles. The number of benzene rings is 2. The number of hydrogen-bond donors (Lipinski definition) is 1. The van der Waals surface area contributed by atoms with Crippen molar-refractivity contribution in [3.63, 3.8) is 0 Å². The van der Waals surface area contributed by atoms with Gasteiger partial charge in [0.1, 0.15) is 0 Å². The lowest BCUT2D eigenvalue weighted by molar-refractivity contribution is 0.0696. The zero-order valence-corrected chi connectivity index (χ0v) is 11.0. The van der Waals surface area contributed by atoms with E-state index in [1.54, 1.807) is 18.3 Å². The van der Waals surface area contributed by atoms with Gasteiger partial charge in [-0.05, 0) is 29.5 Å². The first-order valence-corrected chi connectivity index (χ1v) is 6.34. The Morgan fingerprint density at radius 3 is 2.60 bits per heavy atom. The number of aromatic carboxylic acids is 1. The van der Waals surface area contributed by atoms with Crippen LogP contribution in [0.2, 0.25) is 0 Å². The Morgan fingerprint density at radius 2 is 1.80 bits per heavy atom. The summed E-state index contributed by atoms with van der Waals surface area (Å²) in [5.41, 5.74) is 2.96. The maximum atomic E-state index is 11.3. The highest BCUT2D eigenvalue weighted by Gasteiger charge is 2.13. The van der Waals surface area contributed by atoms with Gasteiger partial charge in [-0.25, -0.2) is 4.79 Å². The average molecular weight is 263 g/mol. The van der Waals surface area contributed by atoms with Crippen molar-refractivity contribution >= 4 is 16.7 Å². The molecule has 2 aromatic carbocycles. The summed E-state index contributed by atoms with van der Waals surface area (Å²) in [5.74, 6) is -0.905. The number of fused-ring (bicyclic) bond motifs is 1. The molecule has 0 spiro atoms. The third-order valence-electron chi connectivity index (χ3n) is 3.52. The smallest absolute Gasteiger partial charge is 0.335 e. The topological polar surface area (TPSA) is 50.2 Å². The molecule has 98 valence electrons. The van der Waals surface area contributed by atoms with Gasteiger partial charge in [0, 0.05) is 23.3 Å². The SMILES string of the molecule is Cc1c(C(=O)O)cccc1-c1cncc2ccccc12. The molecule has 0 bridgehead atoms. The normalized spacial score (nSPS) is 10.7. The van der Waals surface area contributed by atoms with E-state index in [0.29, 0.717) is 5.56 Å². The zero-order chi connectivity index (χ0) is 14.1. The van der Waals surface area contributed by atoms with E-state index < -0.39 is 5.97 Å². The lowest BCUT2D eigenvalue weighted by atomic mass is 9.94. The molecule has 0 aliphatic rings. The predicted octanol–water partition coefficient (Wildman–Crippen LogP) is 3.91. The van der Waals surface area contributed by atoms with E-state index in [1.807, 2.05) is 43.5 Å². The van der Waals surface area contributed by atoms with Gasteiger partial charge >= 0.3 is 5.97 Å². The van der Waals surface area contributed by atoms with Crippen molar-refractivity contribution in [2.24, 2.45) is 0 Å². The molecule has 3 heteroatoms. The Morgan fingerprint density at radius 1 is 1.00 bits per heavy atom. The van der Waals surface area contributed by atoms with Crippen LogP contribution in [0.25, 0.3) is 21.9 Å². The highest BCUT2D eigenvalue weighted by atomic mass is 16.4. The number of rotatable bonds is 2.